The highest BCUT2D eigenvalue weighted by molar-refractivity contribution is 5.68. The van der Waals surface area contributed by atoms with Crippen LogP contribution in [0.3, 0.4) is 0 Å². The van der Waals surface area contributed by atoms with Crippen molar-refractivity contribution in [3.8, 4) is 0 Å². The number of nitrogens with one attached hydrogen (secondary N) is 1. The van der Waals surface area contributed by atoms with Crippen molar-refractivity contribution in [3.05, 3.63) is 23.7 Å². The zero-order valence-corrected chi connectivity index (χ0v) is 14.3. The maximum absolute atomic E-state index is 12.3. The van der Waals surface area contributed by atoms with Gasteiger partial charge in [-0.3, -0.25) is 0 Å². The van der Waals surface area contributed by atoms with Crippen molar-refractivity contribution in [1.29, 1.82) is 0 Å². The summed E-state index contributed by atoms with van der Waals surface area (Å²) >= 11 is 0. The fourth-order valence-electron chi connectivity index (χ4n) is 3.28. The van der Waals surface area contributed by atoms with E-state index in [1.807, 2.05) is 26.8 Å². The third-order valence-corrected chi connectivity index (χ3v) is 4.47. The summed E-state index contributed by atoms with van der Waals surface area (Å²) < 4.78 is 17.2. The van der Waals surface area contributed by atoms with Gasteiger partial charge in [-0.15, -0.1) is 0 Å². The summed E-state index contributed by atoms with van der Waals surface area (Å²) in [5, 5.41) is 3.52. The summed E-state index contributed by atoms with van der Waals surface area (Å²) in [4.78, 5) is 14.1. The van der Waals surface area contributed by atoms with Crippen LogP contribution < -0.4 is 5.32 Å². The lowest BCUT2D eigenvalue weighted by atomic mass is 9.84. The molecule has 0 aromatic carbocycles. The standard InChI is InChI=1S/C17H26N2O4/c1-16(2,3)23-15(20)19-8-10-21-13(11-19)17(4)14-12(5-7-18-17)6-9-22-14/h6,9,13,18H,5,7-8,10-11H2,1-4H3. The molecule has 0 radical (unpaired) electrons. The Bertz CT molecular complexity index is 577. The third-order valence-electron chi connectivity index (χ3n) is 4.47. The van der Waals surface area contributed by atoms with Crippen LogP contribution >= 0.6 is 0 Å². The molecule has 128 valence electrons. The Hall–Kier alpha value is -1.53. The van der Waals surface area contributed by atoms with Crippen molar-refractivity contribution in [2.75, 3.05) is 26.2 Å². The quantitative estimate of drug-likeness (QED) is 0.859. The summed E-state index contributed by atoms with van der Waals surface area (Å²) in [6.07, 6.45) is 2.22. The van der Waals surface area contributed by atoms with E-state index in [1.165, 1.54) is 5.56 Å². The topological polar surface area (TPSA) is 63.9 Å². The fraction of sp³-hybridized carbons (Fsp3) is 0.706. The van der Waals surface area contributed by atoms with Crippen LogP contribution in [0.4, 0.5) is 4.79 Å². The number of nitrogens with zero attached hydrogens (tertiary/aromatic N) is 1. The molecule has 3 heterocycles. The number of furan rings is 1. The van der Waals surface area contributed by atoms with Crippen molar-refractivity contribution in [3.63, 3.8) is 0 Å². The molecule has 0 saturated carbocycles. The van der Waals surface area contributed by atoms with Crippen LogP contribution in [0.25, 0.3) is 0 Å². The van der Waals surface area contributed by atoms with Crippen LogP contribution in [0.1, 0.15) is 39.0 Å². The molecule has 6 nitrogen and oxygen atoms in total. The number of morpholine rings is 1. The maximum atomic E-state index is 12.3. The van der Waals surface area contributed by atoms with E-state index in [1.54, 1.807) is 11.2 Å². The van der Waals surface area contributed by atoms with Gasteiger partial charge in [0.25, 0.3) is 0 Å². The van der Waals surface area contributed by atoms with E-state index in [2.05, 4.69) is 12.2 Å². The highest BCUT2D eigenvalue weighted by atomic mass is 16.6. The lowest BCUT2D eigenvalue weighted by Crippen LogP contribution is -2.60. The molecule has 2 atom stereocenters. The second-order valence-corrected chi connectivity index (χ2v) is 7.44. The third kappa shape index (κ3) is 3.23. The molecule has 1 N–H and O–H groups in total. The van der Waals surface area contributed by atoms with E-state index >= 15 is 0 Å². The first kappa shape index (κ1) is 16.3. The van der Waals surface area contributed by atoms with Gasteiger partial charge in [0.2, 0.25) is 0 Å². The van der Waals surface area contributed by atoms with Gasteiger partial charge in [0.1, 0.15) is 23.0 Å². The van der Waals surface area contributed by atoms with Crippen LogP contribution in [0.15, 0.2) is 16.7 Å². The summed E-state index contributed by atoms with van der Waals surface area (Å²) in [5.74, 6) is 0.916. The van der Waals surface area contributed by atoms with Crippen LogP contribution in [0, 0.1) is 0 Å². The van der Waals surface area contributed by atoms with Crippen molar-refractivity contribution < 1.29 is 18.7 Å². The molecular weight excluding hydrogens is 296 g/mol. The van der Waals surface area contributed by atoms with Gasteiger partial charge in [0.05, 0.1) is 19.4 Å². The van der Waals surface area contributed by atoms with Gasteiger partial charge >= 0.3 is 6.09 Å². The van der Waals surface area contributed by atoms with Crippen LogP contribution in [-0.4, -0.2) is 48.9 Å². The molecule has 2 aliphatic heterocycles. The fourth-order valence-corrected chi connectivity index (χ4v) is 3.28. The largest absolute Gasteiger partial charge is 0.467 e. The minimum Gasteiger partial charge on any atom is -0.467 e. The summed E-state index contributed by atoms with van der Waals surface area (Å²) in [6, 6.07) is 2.02. The van der Waals surface area contributed by atoms with Gasteiger partial charge in [0, 0.05) is 13.1 Å². The van der Waals surface area contributed by atoms with E-state index < -0.39 is 11.1 Å². The smallest absolute Gasteiger partial charge is 0.410 e. The Morgan fingerprint density at radius 1 is 1.48 bits per heavy atom. The average Bonchev–Trinajstić information content (AvgIpc) is 2.96. The maximum Gasteiger partial charge on any atom is 0.410 e. The van der Waals surface area contributed by atoms with E-state index in [4.69, 9.17) is 13.9 Å². The first-order valence-corrected chi connectivity index (χ1v) is 8.21. The Morgan fingerprint density at radius 2 is 2.26 bits per heavy atom. The van der Waals surface area contributed by atoms with Crippen molar-refractivity contribution in [1.82, 2.24) is 10.2 Å². The molecular formula is C17H26N2O4. The van der Waals surface area contributed by atoms with Gasteiger partial charge in [-0.2, -0.15) is 0 Å². The monoisotopic (exact) mass is 322 g/mol. The lowest BCUT2D eigenvalue weighted by molar-refractivity contribution is -0.0829. The van der Waals surface area contributed by atoms with Gasteiger partial charge < -0.3 is 24.1 Å². The highest BCUT2D eigenvalue weighted by Gasteiger charge is 2.45. The molecule has 0 bridgehead atoms. The highest BCUT2D eigenvalue weighted by Crippen LogP contribution is 2.35. The number of carbonyl (C=O) groups excluding carboxylic acids is 1. The Morgan fingerprint density at radius 3 is 3.00 bits per heavy atom. The molecule has 0 spiro atoms. The van der Waals surface area contributed by atoms with Crippen LogP contribution in [0.2, 0.25) is 0 Å². The van der Waals surface area contributed by atoms with Crippen molar-refractivity contribution in [2.45, 2.75) is 51.4 Å². The normalized spacial score (nSPS) is 28.3. The molecule has 2 unspecified atom stereocenters. The lowest BCUT2D eigenvalue weighted by Gasteiger charge is -2.44. The van der Waals surface area contributed by atoms with Gasteiger partial charge in [-0.05, 0) is 45.7 Å². The molecule has 1 saturated heterocycles. The molecule has 1 amide bonds. The molecule has 1 aromatic rings. The Balaban J connectivity index is 1.76. The molecule has 2 aliphatic rings. The van der Waals surface area contributed by atoms with E-state index in [-0.39, 0.29) is 12.2 Å². The first-order valence-electron chi connectivity index (χ1n) is 8.21. The Kier molecular flexibility index (Phi) is 4.14. The number of hydrogen-bond donors (Lipinski definition) is 1. The number of fused-ring (bicyclic) bond motifs is 1. The minimum atomic E-state index is -0.494. The molecule has 6 heteroatoms. The molecule has 0 aliphatic carbocycles. The molecule has 3 rings (SSSR count). The van der Waals surface area contributed by atoms with E-state index in [9.17, 15) is 4.79 Å². The zero-order valence-electron chi connectivity index (χ0n) is 14.3. The van der Waals surface area contributed by atoms with Crippen LogP contribution in [0.5, 0.6) is 0 Å². The van der Waals surface area contributed by atoms with Crippen molar-refractivity contribution >= 4 is 6.09 Å². The number of amides is 1. The van der Waals surface area contributed by atoms with E-state index in [0.717, 1.165) is 18.7 Å². The second kappa shape index (κ2) is 5.83. The summed E-state index contributed by atoms with van der Waals surface area (Å²) in [6.45, 7) is 10.1. The van der Waals surface area contributed by atoms with Crippen LogP contribution in [-0.2, 0) is 21.4 Å². The number of rotatable bonds is 1. The van der Waals surface area contributed by atoms with Gasteiger partial charge in [-0.25, -0.2) is 4.79 Å². The predicted molar refractivity (Wildman–Crippen MR) is 85.3 cm³/mol. The molecule has 23 heavy (non-hydrogen) atoms. The zero-order chi connectivity index (χ0) is 16.7. The number of hydrogen-bond acceptors (Lipinski definition) is 5. The Labute approximate surface area is 137 Å². The SMILES string of the molecule is CC(C)(C)OC(=O)N1CCOC(C2(C)NCCc3ccoc32)C1. The van der Waals surface area contributed by atoms with Crippen molar-refractivity contribution in [2.24, 2.45) is 0 Å². The molecule has 1 fully saturated rings. The van der Waals surface area contributed by atoms with Gasteiger partial charge in [-0.1, -0.05) is 0 Å². The predicted octanol–water partition coefficient (Wildman–Crippen LogP) is 2.28. The minimum absolute atomic E-state index is 0.172. The average molecular weight is 322 g/mol. The molecule has 1 aromatic heterocycles. The summed E-state index contributed by atoms with van der Waals surface area (Å²) in [7, 11) is 0. The summed E-state index contributed by atoms with van der Waals surface area (Å²) in [5.41, 5.74) is 0.285. The van der Waals surface area contributed by atoms with E-state index in [0.29, 0.717) is 19.7 Å². The second-order valence-electron chi connectivity index (χ2n) is 7.44. The number of carbonyl (C=O) groups is 1. The number of ether oxygens (including phenoxy) is 2. The van der Waals surface area contributed by atoms with Gasteiger partial charge in [0.15, 0.2) is 0 Å². The first-order chi connectivity index (χ1) is 10.8.